The van der Waals surface area contributed by atoms with Gasteiger partial charge in [0, 0.05) is 27.7 Å². The van der Waals surface area contributed by atoms with E-state index in [-0.39, 0.29) is 0 Å². The molecule has 150 valence electrons. The van der Waals surface area contributed by atoms with Gasteiger partial charge in [0.25, 0.3) is 5.91 Å². The highest BCUT2D eigenvalue weighted by Crippen LogP contribution is 2.30. The van der Waals surface area contributed by atoms with Crippen LogP contribution in [-0.4, -0.2) is 17.1 Å². The van der Waals surface area contributed by atoms with Crippen LogP contribution >= 0.6 is 22.6 Å². The van der Waals surface area contributed by atoms with Gasteiger partial charge in [-0.05, 0) is 90.2 Å². The second-order valence-electron chi connectivity index (χ2n) is 7.21. The third kappa shape index (κ3) is 4.79. The van der Waals surface area contributed by atoms with E-state index >= 15 is 0 Å². The highest BCUT2D eigenvalue weighted by molar-refractivity contribution is 14.1. The SMILES string of the molecule is Cc1cc(I)ccc1Nc1cc(F)c(-n2cccc2)cc1C(=O)NOCC1CC1. The van der Waals surface area contributed by atoms with Crippen molar-refractivity contribution in [3.05, 3.63) is 75.4 Å². The van der Waals surface area contributed by atoms with Crippen LogP contribution < -0.4 is 10.8 Å². The first kappa shape index (κ1) is 19.9. The van der Waals surface area contributed by atoms with E-state index in [0.29, 0.717) is 29.5 Å². The van der Waals surface area contributed by atoms with E-state index in [1.54, 1.807) is 29.1 Å². The van der Waals surface area contributed by atoms with Crippen molar-refractivity contribution in [1.29, 1.82) is 0 Å². The Bertz CT molecular complexity index is 1030. The van der Waals surface area contributed by atoms with Crippen LogP contribution in [-0.2, 0) is 4.84 Å². The molecule has 2 N–H and O–H groups in total. The number of carbonyl (C=O) groups is 1. The Hall–Kier alpha value is -2.39. The first-order valence-corrected chi connectivity index (χ1v) is 10.5. The summed E-state index contributed by atoms with van der Waals surface area (Å²) >= 11 is 2.24. The summed E-state index contributed by atoms with van der Waals surface area (Å²) in [5, 5.41) is 3.20. The molecule has 0 atom stereocenters. The number of hydrogen-bond acceptors (Lipinski definition) is 3. The van der Waals surface area contributed by atoms with Crippen LogP contribution in [0.1, 0.15) is 28.8 Å². The number of nitrogens with one attached hydrogen (secondary N) is 2. The summed E-state index contributed by atoms with van der Waals surface area (Å²) < 4.78 is 17.6. The molecule has 1 amide bonds. The average molecular weight is 505 g/mol. The zero-order chi connectivity index (χ0) is 20.4. The van der Waals surface area contributed by atoms with Gasteiger partial charge in [-0.15, -0.1) is 0 Å². The number of halogens is 2. The Kier molecular flexibility index (Phi) is 5.86. The quantitative estimate of drug-likeness (QED) is 0.337. The minimum atomic E-state index is -0.428. The van der Waals surface area contributed by atoms with Gasteiger partial charge >= 0.3 is 0 Å². The monoisotopic (exact) mass is 505 g/mol. The number of carbonyl (C=O) groups excluding carboxylic acids is 1. The summed E-state index contributed by atoms with van der Waals surface area (Å²) in [6.07, 6.45) is 5.73. The molecule has 0 aliphatic heterocycles. The highest BCUT2D eigenvalue weighted by Gasteiger charge is 2.23. The first-order chi connectivity index (χ1) is 14.0. The Labute approximate surface area is 182 Å². The van der Waals surface area contributed by atoms with Gasteiger partial charge in [-0.3, -0.25) is 9.63 Å². The minimum Gasteiger partial charge on any atom is -0.355 e. The lowest BCUT2D eigenvalue weighted by molar-refractivity contribution is 0.0271. The molecule has 0 bridgehead atoms. The highest BCUT2D eigenvalue weighted by atomic mass is 127. The summed E-state index contributed by atoms with van der Waals surface area (Å²) in [4.78, 5) is 18.2. The van der Waals surface area contributed by atoms with Crippen molar-refractivity contribution < 1.29 is 14.0 Å². The summed E-state index contributed by atoms with van der Waals surface area (Å²) in [7, 11) is 0. The fraction of sp³-hybridized carbons (Fsp3) is 0.227. The smallest absolute Gasteiger partial charge is 0.277 e. The maximum absolute atomic E-state index is 14.9. The zero-order valence-corrected chi connectivity index (χ0v) is 18.1. The van der Waals surface area contributed by atoms with E-state index in [0.717, 1.165) is 27.7 Å². The lowest BCUT2D eigenvalue weighted by atomic mass is 10.1. The summed E-state index contributed by atoms with van der Waals surface area (Å²) in [5.41, 5.74) is 5.31. The molecular weight excluding hydrogens is 484 g/mol. The molecule has 1 aliphatic rings. The van der Waals surface area contributed by atoms with Crippen LogP contribution in [0.3, 0.4) is 0 Å². The number of nitrogens with zero attached hydrogens (tertiary/aromatic N) is 1. The van der Waals surface area contributed by atoms with Gasteiger partial charge in [0.15, 0.2) is 0 Å². The van der Waals surface area contributed by atoms with Crippen LogP contribution in [0.2, 0.25) is 0 Å². The van der Waals surface area contributed by atoms with Crippen molar-refractivity contribution in [2.45, 2.75) is 19.8 Å². The molecule has 0 radical (unpaired) electrons. The van der Waals surface area contributed by atoms with Crippen LogP contribution in [0, 0.1) is 22.2 Å². The van der Waals surface area contributed by atoms with Crippen LogP contribution in [0.15, 0.2) is 54.9 Å². The van der Waals surface area contributed by atoms with E-state index in [4.69, 9.17) is 4.84 Å². The first-order valence-electron chi connectivity index (χ1n) is 9.43. The zero-order valence-electron chi connectivity index (χ0n) is 15.9. The lowest BCUT2D eigenvalue weighted by Crippen LogP contribution is -2.26. The lowest BCUT2D eigenvalue weighted by Gasteiger charge is -2.16. The van der Waals surface area contributed by atoms with Crippen molar-refractivity contribution in [3.63, 3.8) is 0 Å². The molecule has 1 fully saturated rings. The van der Waals surface area contributed by atoms with E-state index in [1.807, 2.05) is 25.1 Å². The Morgan fingerprint density at radius 2 is 1.97 bits per heavy atom. The fourth-order valence-electron chi connectivity index (χ4n) is 3.02. The van der Waals surface area contributed by atoms with Crippen LogP contribution in [0.25, 0.3) is 5.69 Å². The molecule has 1 aromatic heterocycles. The van der Waals surface area contributed by atoms with Crippen molar-refractivity contribution in [1.82, 2.24) is 10.0 Å². The van der Waals surface area contributed by atoms with E-state index < -0.39 is 11.7 Å². The number of rotatable bonds is 7. The maximum atomic E-state index is 14.9. The molecule has 29 heavy (non-hydrogen) atoms. The normalized spacial score (nSPS) is 13.3. The molecule has 1 saturated carbocycles. The molecular formula is C22H21FIN3O2. The second kappa shape index (κ2) is 8.54. The third-order valence-electron chi connectivity index (χ3n) is 4.85. The molecule has 5 nitrogen and oxygen atoms in total. The van der Waals surface area contributed by atoms with Crippen LogP contribution in [0.5, 0.6) is 0 Å². The summed E-state index contributed by atoms with van der Waals surface area (Å²) in [6.45, 7) is 2.46. The minimum absolute atomic E-state index is 0.298. The van der Waals surface area contributed by atoms with Gasteiger partial charge in [0.2, 0.25) is 0 Å². The van der Waals surface area contributed by atoms with Crippen molar-refractivity contribution >= 4 is 39.9 Å². The molecule has 4 rings (SSSR count). The number of hydrogen-bond donors (Lipinski definition) is 2. The molecule has 2 aromatic carbocycles. The van der Waals surface area contributed by atoms with Gasteiger partial charge in [-0.25, -0.2) is 9.87 Å². The topological polar surface area (TPSA) is 55.3 Å². The standard InChI is InChI=1S/C22H21FIN3O2/c1-14-10-16(24)6-7-19(14)25-20-12-18(23)21(27-8-2-3-9-27)11-17(20)22(28)26-29-13-15-4-5-15/h2-3,6-12,15,25H,4-5,13H2,1H3,(H,26,28). The van der Waals surface area contributed by atoms with Crippen molar-refractivity contribution in [3.8, 4) is 5.69 Å². The van der Waals surface area contributed by atoms with Crippen molar-refractivity contribution in [2.75, 3.05) is 11.9 Å². The predicted octanol–water partition coefficient (Wildman–Crippen LogP) is 5.34. The van der Waals surface area contributed by atoms with Crippen molar-refractivity contribution in [2.24, 2.45) is 5.92 Å². The molecule has 3 aromatic rings. The maximum Gasteiger partial charge on any atom is 0.277 e. The van der Waals surface area contributed by atoms with Gasteiger partial charge in [-0.1, -0.05) is 0 Å². The Balaban J connectivity index is 1.67. The van der Waals surface area contributed by atoms with Gasteiger partial charge in [0.05, 0.1) is 23.5 Å². The molecule has 0 unspecified atom stereocenters. The number of benzene rings is 2. The molecule has 1 aliphatic carbocycles. The number of hydroxylamine groups is 1. The second-order valence-corrected chi connectivity index (χ2v) is 8.45. The molecule has 7 heteroatoms. The van der Waals surface area contributed by atoms with Crippen LogP contribution in [0.4, 0.5) is 15.8 Å². The fourth-order valence-corrected chi connectivity index (χ4v) is 3.67. The molecule has 0 spiro atoms. The summed E-state index contributed by atoms with van der Waals surface area (Å²) in [6, 6.07) is 12.4. The van der Waals surface area contributed by atoms with Gasteiger partial charge in [0.1, 0.15) is 5.82 Å². The summed E-state index contributed by atoms with van der Waals surface area (Å²) in [5.74, 6) is -0.321. The van der Waals surface area contributed by atoms with E-state index in [1.165, 1.54) is 12.1 Å². The number of aromatic nitrogens is 1. The molecule has 1 heterocycles. The third-order valence-corrected chi connectivity index (χ3v) is 5.52. The number of amides is 1. The number of anilines is 2. The average Bonchev–Trinajstić information content (AvgIpc) is 3.35. The predicted molar refractivity (Wildman–Crippen MR) is 119 cm³/mol. The Morgan fingerprint density at radius 3 is 2.66 bits per heavy atom. The van der Waals surface area contributed by atoms with E-state index in [2.05, 4.69) is 33.4 Å². The van der Waals surface area contributed by atoms with Gasteiger partial charge in [-0.2, -0.15) is 0 Å². The van der Waals surface area contributed by atoms with Gasteiger partial charge < -0.3 is 9.88 Å². The largest absolute Gasteiger partial charge is 0.355 e. The Morgan fingerprint density at radius 1 is 1.21 bits per heavy atom. The molecule has 0 saturated heterocycles. The van der Waals surface area contributed by atoms with E-state index in [9.17, 15) is 9.18 Å². The number of aryl methyl sites for hydroxylation is 1.